The van der Waals surface area contributed by atoms with Crippen molar-refractivity contribution in [1.29, 1.82) is 0 Å². The number of fused-ring (bicyclic) bond motifs is 1. The van der Waals surface area contributed by atoms with E-state index in [9.17, 15) is 5.11 Å². The average molecular weight is 202 g/mol. The molecule has 0 aliphatic heterocycles. The number of nitrogens with zero attached hydrogens (tertiary/aromatic N) is 2. The molecule has 0 radical (unpaired) electrons. The molecule has 1 aliphatic rings. The van der Waals surface area contributed by atoms with Crippen LogP contribution in [0.2, 0.25) is 0 Å². The van der Waals surface area contributed by atoms with Crippen LogP contribution < -0.4 is 0 Å². The van der Waals surface area contributed by atoms with Crippen LogP contribution in [0, 0.1) is 0 Å². The Labute approximate surface area is 88.4 Å². The molecular formula is C12H14N2O. The summed E-state index contributed by atoms with van der Waals surface area (Å²) in [5, 5.41) is 14.0. The Morgan fingerprint density at radius 2 is 2.27 bits per heavy atom. The lowest BCUT2D eigenvalue weighted by Gasteiger charge is -2.05. The summed E-state index contributed by atoms with van der Waals surface area (Å²) in [5.74, 6) is 0. The van der Waals surface area contributed by atoms with Crippen molar-refractivity contribution in [3.8, 4) is 0 Å². The summed E-state index contributed by atoms with van der Waals surface area (Å²) in [6.45, 7) is 0. The van der Waals surface area contributed by atoms with Gasteiger partial charge < -0.3 is 5.11 Å². The van der Waals surface area contributed by atoms with Gasteiger partial charge in [-0.3, -0.25) is 0 Å². The van der Waals surface area contributed by atoms with Crippen LogP contribution in [0.25, 0.3) is 5.52 Å². The van der Waals surface area contributed by atoms with Gasteiger partial charge in [0.1, 0.15) is 0 Å². The van der Waals surface area contributed by atoms with Crippen LogP contribution in [-0.4, -0.2) is 20.3 Å². The number of pyridine rings is 1. The normalized spacial score (nSPS) is 18.2. The van der Waals surface area contributed by atoms with Gasteiger partial charge in [-0.25, -0.2) is 4.52 Å². The molecule has 0 bridgehead atoms. The summed E-state index contributed by atoms with van der Waals surface area (Å²) >= 11 is 0. The highest BCUT2D eigenvalue weighted by atomic mass is 16.3. The molecule has 0 aromatic carbocycles. The zero-order valence-corrected chi connectivity index (χ0v) is 8.56. The van der Waals surface area contributed by atoms with Gasteiger partial charge in [0.25, 0.3) is 0 Å². The smallest absolute Gasteiger partial charge is 0.0693 e. The topological polar surface area (TPSA) is 37.5 Å². The van der Waals surface area contributed by atoms with Gasteiger partial charge in [0.15, 0.2) is 0 Å². The maximum absolute atomic E-state index is 9.77. The first-order valence-electron chi connectivity index (χ1n) is 5.41. The first kappa shape index (κ1) is 8.92. The van der Waals surface area contributed by atoms with Crippen LogP contribution in [-0.2, 0) is 6.42 Å². The van der Waals surface area contributed by atoms with E-state index in [1.165, 1.54) is 5.56 Å². The molecule has 2 aromatic rings. The van der Waals surface area contributed by atoms with Crippen molar-refractivity contribution in [2.45, 2.75) is 31.3 Å². The highest BCUT2D eigenvalue weighted by molar-refractivity contribution is 5.53. The molecule has 3 nitrogen and oxygen atoms in total. The second-order valence-corrected chi connectivity index (χ2v) is 4.42. The SMILES string of the molecule is OC1(CCc2cnn3ccccc23)CC1. The van der Waals surface area contributed by atoms with E-state index in [1.54, 1.807) is 0 Å². The second kappa shape index (κ2) is 3.07. The summed E-state index contributed by atoms with van der Waals surface area (Å²) in [6.07, 6.45) is 7.57. The Morgan fingerprint density at radius 1 is 1.40 bits per heavy atom. The molecule has 0 spiro atoms. The Kier molecular flexibility index (Phi) is 1.83. The molecule has 0 saturated heterocycles. The minimum Gasteiger partial charge on any atom is -0.390 e. The van der Waals surface area contributed by atoms with Crippen LogP contribution in [0.3, 0.4) is 0 Å². The predicted molar refractivity (Wildman–Crippen MR) is 57.7 cm³/mol. The fourth-order valence-electron chi connectivity index (χ4n) is 1.94. The van der Waals surface area contributed by atoms with Crippen molar-refractivity contribution in [2.75, 3.05) is 0 Å². The molecule has 1 aliphatic carbocycles. The van der Waals surface area contributed by atoms with Crippen molar-refractivity contribution >= 4 is 5.52 Å². The van der Waals surface area contributed by atoms with E-state index in [0.29, 0.717) is 0 Å². The van der Waals surface area contributed by atoms with E-state index in [4.69, 9.17) is 0 Å². The van der Waals surface area contributed by atoms with Crippen molar-refractivity contribution in [3.05, 3.63) is 36.2 Å². The Bertz CT molecular complexity index is 485. The van der Waals surface area contributed by atoms with E-state index < -0.39 is 0 Å². The van der Waals surface area contributed by atoms with Crippen LogP contribution in [0.1, 0.15) is 24.8 Å². The third kappa shape index (κ3) is 1.63. The third-order valence-corrected chi connectivity index (χ3v) is 3.19. The largest absolute Gasteiger partial charge is 0.390 e. The molecule has 0 unspecified atom stereocenters. The summed E-state index contributed by atoms with van der Waals surface area (Å²) in [4.78, 5) is 0. The molecule has 1 fully saturated rings. The molecule has 0 atom stereocenters. The van der Waals surface area contributed by atoms with E-state index in [2.05, 4.69) is 11.2 Å². The summed E-state index contributed by atoms with van der Waals surface area (Å²) < 4.78 is 1.88. The molecule has 3 rings (SSSR count). The second-order valence-electron chi connectivity index (χ2n) is 4.42. The maximum Gasteiger partial charge on any atom is 0.0693 e. The number of rotatable bonds is 3. The van der Waals surface area contributed by atoms with Gasteiger partial charge in [-0.2, -0.15) is 5.10 Å². The van der Waals surface area contributed by atoms with Crippen molar-refractivity contribution < 1.29 is 5.11 Å². The minimum absolute atomic E-state index is 0.358. The monoisotopic (exact) mass is 202 g/mol. The van der Waals surface area contributed by atoms with Gasteiger partial charge in [0.05, 0.1) is 17.3 Å². The summed E-state index contributed by atoms with van der Waals surface area (Å²) in [5.41, 5.74) is 2.03. The lowest BCUT2D eigenvalue weighted by atomic mass is 10.1. The Balaban J connectivity index is 1.84. The van der Waals surface area contributed by atoms with E-state index in [1.807, 2.05) is 29.0 Å². The highest BCUT2D eigenvalue weighted by Gasteiger charge is 2.39. The highest BCUT2D eigenvalue weighted by Crippen LogP contribution is 2.39. The third-order valence-electron chi connectivity index (χ3n) is 3.19. The molecule has 2 heterocycles. The van der Waals surface area contributed by atoms with Crippen molar-refractivity contribution in [1.82, 2.24) is 9.61 Å². The van der Waals surface area contributed by atoms with Crippen molar-refractivity contribution in [3.63, 3.8) is 0 Å². The predicted octanol–water partition coefficient (Wildman–Crippen LogP) is 1.79. The van der Waals surface area contributed by atoms with Crippen LogP contribution in [0.5, 0.6) is 0 Å². The zero-order valence-electron chi connectivity index (χ0n) is 8.56. The van der Waals surface area contributed by atoms with Gasteiger partial charge in [-0.1, -0.05) is 6.07 Å². The van der Waals surface area contributed by atoms with Crippen LogP contribution >= 0.6 is 0 Å². The van der Waals surface area contributed by atoms with E-state index >= 15 is 0 Å². The van der Waals surface area contributed by atoms with Crippen LogP contribution in [0.15, 0.2) is 30.6 Å². The molecule has 2 aromatic heterocycles. The minimum atomic E-state index is -0.358. The molecule has 3 heteroatoms. The Morgan fingerprint density at radius 3 is 3.07 bits per heavy atom. The molecule has 0 amide bonds. The standard InChI is InChI=1S/C12H14N2O/c15-12(6-7-12)5-4-10-9-13-14-8-2-1-3-11(10)14/h1-3,8-9,15H,4-7H2. The number of hydrogen-bond acceptors (Lipinski definition) is 2. The van der Waals surface area contributed by atoms with Gasteiger partial charge in [-0.05, 0) is 43.4 Å². The quantitative estimate of drug-likeness (QED) is 0.824. The lowest BCUT2D eigenvalue weighted by molar-refractivity contribution is 0.140. The van der Waals surface area contributed by atoms with Crippen LogP contribution in [0.4, 0.5) is 0 Å². The molecule has 15 heavy (non-hydrogen) atoms. The van der Waals surface area contributed by atoms with Crippen molar-refractivity contribution in [2.24, 2.45) is 0 Å². The fraction of sp³-hybridized carbons (Fsp3) is 0.417. The first-order valence-corrected chi connectivity index (χ1v) is 5.41. The molecular weight excluding hydrogens is 188 g/mol. The lowest BCUT2D eigenvalue weighted by Crippen LogP contribution is -2.07. The first-order chi connectivity index (χ1) is 7.27. The number of aliphatic hydroxyl groups is 1. The van der Waals surface area contributed by atoms with Gasteiger partial charge in [0, 0.05) is 6.20 Å². The van der Waals surface area contributed by atoms with E-state index in [-0.39, 0.29) is 5.60 Å². The van der Waals surface area contributed by atoms with E-state index in [0.717, 1.165) is 31.2 Å². The fourth-order valence-corrected chi connectivity index (χ4v) is 1.94. The molecule has 78 valence electrons. The number of aryl methyl sites for hydroxylation is 1. The average Bonchev–Trinajstić information content (AvgIpc) is 2.86. The zero-order chi connectivity index (χ0) is 10.3. The summed E-state index contributed by atoms with van der Waals surface area (Å²) in [6, 6.07) is 6.06. The van der Waals surface area contributed by atoms with Gasteiger partial charge in [0.2, 0.25) is 0 Å². The molecule has 1 saturated carbocycles. The molecule has 1 N–H and O–H groups in total. The van der Waals surface area contributed by atoms with Gasteiger partial charge in [-0.15, -0.1) is 0 Å². The number of aromatic nitrogens is 2. The van der Waals surface area contributed by atoms with Gasteiger partial charge >= 0.3 is 0 Å². The summed E-state index contributed by atoms with van der Waals surface area (Å²) in [7, 11) is 0. The number of hydrogen-bond donors (Lipinski definition) is 1. The Hall–Kier alpha value is -1.35. The maximum atomic E-state index is 9.77.